The lowest BCUT2D eigenvalue weighted by molar-refractivity contribution is 0.159. The van der Waals surface area contributed by atoms with Crippen LogP contribution in [0.4, 0.5) is 0 Å². The molecule has 2 N–H and O–H groups in total. The highest BCUT2D eigenvalue weighted by Gasteiger charge is 2.28. The molecule has 0 saturated carbocycles. The summed E-state index contributed by atoms with van der Waals surface area (Å²) in [7, 11) is -3.70. The summed E-state index contributed by atoms with van der Waals surface area (Å²) in [5.41, 5.74) is 2.43. The summed E-state index contributed by atoms with van der Waals surface area (Å²) < 4.78 is 27.9. The van der Waals surface area contributed by atoms with Crippen molar-refractivity contribution in [3.63, 3.8) is 0 Å². The van der Waals surface area contributed by atoms with Crippen LogP contribution in [0.2, 0.25) is 0 Å². The van der Waals surface area contributed by atoms with Gasteiger partial charge in [0.2, 0.25) is 10.0 Å². The van der Waals surface area contributed by atoms with E-state index in [9.17, 15) is 13.5 Å². The van der Waals surface area contributed by atoms with Crippen LogP contribution in [0.25, 0.3) is 0 Å². The molecule has 1 rings (SSSR count). The molecule has 0 heterocycles. The second kappa shape index (κ2) is 6.73. The van der Waals surface area contributed by atoms with Crippen LogP contribution in [0.3, 0.4) is 0 Å². The van der Waals surface area contributed by atoms with Crippen molar-refractivity contribution >= 4 is 10.0 Å². The summed E-state index contributed by atoms with van der Waals surface area (Å²) in [6.07, 6.45) is 0.424. The van der Waals surface area contributed by atoms with Crippen molar-refractivity contribution in [3.05, 3.63) is 41.5 Å². The molecule has 0 bridgehead atoms. The molecule has 21 heavy (non-hydrogen) atoms. The molecule has 0 saturated heterocycles. The van der Waals surface area contributed by atoms with Crippen molar-refractivity contribution in [2.75, 3.05) is 0 Å². The Bertz CT molecular complexity index is 597. The Labute approximate surface area is 127 Å². The van der Waals surface area contributed by atoms with Crippen LogP contribution in [0.1, 0.15) is 30.5 Å². The molecule has 0 unspecified atom stereocenters. The van der Waals surface area contributed by atoms with Gasteiger partial charge in [-0.2, -0.15) is 0 Å². The smallest absolute Gasteiger partial charge is 0.241 e. The molecule has 0 aliphatic rings. The maximum Gasteiger partial charge on any atom is 0.241 e. The summed E-state index contributed by atoms with van der Waals surface area (Å²) in [6.45, 7) is 12.7. The van der Waals surface area contributed by atoms with Crippen LogP contribution in [-0.4, -0.2) is 25.7 Å². The first-order chi connectivity index (χ1) is 9.60. The number of rotatable bonds is 6. The summed E-state index contributed by atoms with van der Waals surface area (Å²) in [4.78, 5) is 0.287. The van der Waals surface area contributed by atoms with E-state index < -0.39 is 22.2 Å². The van der Waals surface area contributed by atoms with E-state index in [2.05, 4.69) is 11.3 Å². The molecule has 0 aromatic heterocycles. The van der Waals surface area contributed by atoms with E-state index in [-0.39, 0.29) is 10.8 Å². The van der Waals surface area contributed by atoms with Gasteiger partial charge in [0.15, 0.2) is 0 Å². The zero-order chi connectivity index (χ0) is 16.4. The van der Waals surface area contributed by atoms with Gasteiger partial charge in [0.1, 0.15) is 0 Å². The van der Waals surface area contributed by atoms with E-state index in [0.717, 1.165) is 5.56 Å². The van der Waals surface area contributed by atoms with Crippen LogP contribution in [0.5, 0.6) is 0 Å². The van der Waals surface area contributed by atoms with Gasteiger partial charge in [0.25, 0.3) is 0 Å². The molecule has 4 nitrogen and oxygen atoms in total. The fourth-order valence-corrected chi connectivity index (χ4v) is 4.43. The molecular formula is C16H25NO3S. The highest BCUT2D eigenvalue weighted by Crippen LogP contribution is 2.23. The van der Waals surface area contributed by atoms with Gasteiger partial charge in [-0.3, -0.25) is 0 Å². The molecule has 2 atom stereocenters. The maximum atomic E-state index is 12.7. The summed E-state index contributed by atoms with van der Waals surface area (Å²) in [5, 5.41) is 9.94. The Balaban J connectivity index is 3.26. The fraction of sp³-hybridized carbons (Fsp3) is 0.500. The summed E-state index contributed by atoms with van der Waals surface area (Å²) >= 11 is 0. The minimum absolute atomic E-state index is 0.0566. The van der Waals surface area contributed by atoms with Crippen LogP contribution in [0, 0.1) is 26.7 Å². The Kier molecular flexibility index (Phi) is 5.73. The highest BCUT2D eigenvalue weighted by atomic mass is 32.2. The van der Waals surface area contributed by atoms with Crippen LogP contribution < -0.4 is 4.72 Å². The van der Waals surface area contributed by atoms with Crippen molar-refractivity contribution < 1.29 is 13.5 Å². The second-order valence-corrected chi connectivity index (χ2v) is 7.50. The van der Waals surface area contributed by atoms with Crippen molar-refractivity contribution in [1.82, 2.24) is 4.72 Å². The number of sulfonamides is 1. The lowest BCUT2D eigenvalue weighted by atomic mass is 10.00. The third kappa shape index (κ3) is 4.15. The van der Waals surface area contributed by atoms with Gasteiger partial charge in [-0.15, -0.1) is 6.58 Å². The first-order valence-electron chi connectivity index (χ1n) is 7.01. The first-order valence-corrected chi connectivity index (χ1v) is 8.49. The average molecular weight is 311 g/mol. The summed E-state index contributed by atoms with van der Waals surface area (Å²) in [6, 6.07) is 3.08. The molecule has 1 aromatic carbocycles. The number of benzene rings is 1. The summed E-state index contributed by atoms with van der Waals surface area (Å²) in [5.74, 6) is -0.0566. The maximum absolute atomic E-state index is 12.7. The third-order valence-corrected chi connectivity index (χ3v) is 5.26. The number of aliphatic hydroxyl groups is 1. The molecule has 0 radical (unpaired) electrons. The van der Waals surface area contributed by atoms with Crippen LogP contribution in [0.15, 0.2) is 29.7 Å². The minimum Gasteiger partial charge on any atom is -0.387 e. The Morgan fingerprint density at radius 2 is 1.67 bits per heavy atom. The third-order valence-electron chi connectivity index (χ3n) is 3.49. The lowest BCUT2D eigenvalue weighted by Crippen LogP contribution is -2.46. The van der Waals surface area contributed by atoms with Gasteiger partial charge >= 0.3 is 0 Å². The molecule has 0 aliphatic carbocycles. The van der Waals surface area contributed by atoms with Crippen LogP contribution >= 0.6 is 0 Å². The van der Waals surface area contributed by atoms with E-state index in [0.29, 0.717) is 11.1 Å². The topological polar surface area (TPSA) is 66.4 Å². The van der Waals surface area contributed by atoms with Crippen molar-refractivity contribution in [2.45, 2.75) is 51.7 Å². The molecular weight excluding hydrogens is 286 g/mol. The van der Waals surface area contributed by atoms with Gasteiger partial charge in [0.05, 0.1) is 17.0 Å². The minimum atomic E-state index is -3.70. The predicted molar refractivity (Wildman–Crippen MR) is 85.8 cm³/mol. The number of hydrogen-bond acceptors (Lipinski definition) is 3. The Morgan fingerprint density at radius 1 is 1.19 bits per heavy atom. The Morgan fingerprint density at radius 3 is 2.05 bits per heavy atom. The molecule has 1 aromatic rings. The Hall–Kier alpha value is -1.17. The van der Waals surface area contributed by atoms with E-state index in [1.165, 1.54) is 6.08 Å². The number of aliphatic hydroxyl groups excluding tert-OH is 1. The molecule has 0 aliphatic heterocycles. The lowest BCUT2D eigenvalue weighted by Gasteiger charge is -2.26. The van der Waals surface area contributed by atoms with E-state index in [1.54, 1.807) is 13.8 Å². The van der Waals surface area contributed by atoms with Gasteiger partial charge in [0, 0.05) is 0 Å². The molecule has 0 spiro atoms. The van der Waals surface area contributed by atoms with Crippen molar-refractivity contribution in [1.29, 1.82) is 0 Å². The number of nitrogens with one attached hydrogen (secondary N) is 1. The first kappa shape index (κ1) is 17.9. The molecule has 118 valence electrons. The average Bonchev–Trinajstić information content (AvgIpc) is 2.33. The normalized spacial score (nSPS) is 15.0. The van der Waals surface area contributed by atoms with Crippen LogP contribution in [-0.2, 0) is 10.0 Å². The monoisotopic (exact) mass is 311 g/mol. The van der Waals surface area contributed by atoms with Gasteiger partial charge in [-0.25, -0.2) is 13.1 Å². The van der Waals surface area contributed by atoms with E-state index >= 15 is 0 Å². The van der Waals surface area contributed by atoms with Gasteiger partial charge < -0.3 is 5.11 Å². The molecule has 0 amide bonds. The van der Waals surface area contributed by atoms with Crippen molar-refractivity contribution in [2.24, 2.45) is 5.92 Å². The largest absolute Gasteiger partial charge is 0.387 e. The fourth-order valence-electron chi connectivity index (χ4n) is 2.58. The van der Waals surface area contributed by atoms with Crippen molar-refractivity contribution in [3.8, 4) is 0 Å². The van der Waals surface area contributed by atoms with Gasteiger partial charge in [-0.1, -0.05) is 37.6 Å². The molecule has 5 heteroatoms. The number of aryl methyl sites for hydroxylation is 3. The quantitative estimate of drug-likeness (QED) is 0.793. The highest BCUT2D eigenvalue weighted by molar-refractivity contribution is 7.89. The zero-order valence-corrected chi connectivity index (χ0v) is 14.2. The van der Waals surface area contributed by atoms with E-state index in [1.807, 2.05) is 32.9 Å². The molecule has 0 fully saturated rings. The SMILES string of the molecule is C=C[C@@H](O)[C@@H](NS(=O)(=O)c1c(C)cc(C)cc1C)C(C)C. The number of hydrogen-bond donors (Lipinski definition) is 2. The zero-order valence-electron chi connectivity index (χ0n) is 13.3. The predicted octanol–water partition coefficient (Wildman–Crippen LogP) is 2.46. The van der Waals surface area contributed by atoms with E-state index in [4.69, 9.17) is 0 Å². The van der Waals surface area contributed by atoms with Gasteiger partial charge in [-0.05, 0) is 37.8 Å². The second-order valence-electron chi connectivity index (χ2n) is 5.85. The standard InChI is InChI=1S/C16H25NO3S/c1-7-14(18)15(10(2)3)17-21(19,20)16-12(5)8-11(4)9-13(16)6/h7-10,14-15,17-18H,1H2,2-6H3/t14-,15+/m1/s1.